The van der Waals surface area contributed by atoms with Crippen molar-refractivity contribution in [2.75, 3.05) is 12.4 Å². The lowest BCUT2D eigenvalue weighted by atomic mass is 10.1. The van der Waals surface area contributed by atoms with Gasteiger partial charge in [-0.15, -0.1) is 0 Å². The molecule has 0 radical (unpaired) electrons. The Bertz CT molecular complexity index is 700. The lowest BCUT2D eigenvalue weighted by Gasteiger charge is -2.11. The Hall–Kier alpha value is -1.85. The quantitative estimate of drug-likeness (QED) is 0.919. The number of nitrogens with one attached hydrogen (secondary N) is 1. The molecule has 0 aliphatic carbocycles. The zero-order valence-corrected chi connectivity index (χ0v) is 13.1. The second kappa shape index (κ2) is 5.87. The molecular formula is C16H14BrNO3. The minimum Gasteiger partial charge on any atom is -0.495 e. The van der Waals surface area contributed by atoms with Gasteiger partial charge in [0.2, 0.25) is 0 Å². The summed E-state index contributed by atoms with van der Waals surface area (Å²) in [6.45, 7) is 1.19. The SMILES string of the molecule is COc1ccc(Br)cc1NC(=O)c1ccc2c(c1)COC2. The molecule has 1 aliphatic heterocycles. The van der Waals surface area contributed by atoms with Gasteiger partial charge in [0.15, 0.2) is 0 Å². The minimum absolute atomic E-state index is 0.166. The van der Waals surface area contributed by atoms with E-state index in [0.29, 0.717) is 30.2 Å². The molecule has 1 aliphatic rings. The summed E-state index contributed by atoms with van der Waals surface area (Å²) in [5, 5.41) is 2.88. The standard InChI is InChI=1S/C16H14BrNO3/c1-20-15-5-4-13(17)7-14(15)18-16(19)10-2-3-11-8-21-9-12(11)6-10/h2-7H,8-9H2,1H3,(H,18,19). The van der Waals surface area contributed by atoms with Crippen LogP contribution >= 0.6 is 15.9 Å². The van der Waals surface area contributed by atoms with Crippen molar-refractivity contribution in [1.29, 1.82) is 0 Å². The van der Waals surface area contributed by atoms with Crippen LogP contribution in [0, 0.1) is 0 Å². The number of rotatable bonds is 3. The first kappa shape index (κ1) is 14.1. The number of amides is 1. The summed E-state index contributed by atoms with van der Waals surface area (Å²) in [6, 6.07) is 11.1. The van der Waals surface area contributed by atoms with Crippen molar-refractivity contribution in [2.45, 2.75) is 13.2 Å². The van der Waals surface area contributed by atoms with E-state index in [1.165, 1.54) is 0 Å². The van der Waals surface area contributed by atoms with E-state index in [9.17, 15) is 4.79 Å². The number of anilines is 1. The van der Waals surface area contributed by atoms with Crippen LogP contribution in [0.25, 0.3) is 0 Å². The molecule has 1 amide bonds. The van der Waals surface area contributed by atoms with Crippen LogP contribution in [-0.2, 0) is 18.0 Å². The van der Waals surface area contributed by atoms with Crippen LogP contribution in [0.3, 0.4) is 0 Å². The molecule has 4 nitrogen and oxygen atoms in total. The third kappa shape index (κ3) is 2.94. The average Bonchev–Trinajstić information content (AvgIpc) is 2.94. The predicted octanol–water partition coefficient (Wildman–Crippen LogP) is 3.74. The van der Waals surface area contributed by atoms with Crippen LogP contribution in [0.5, 0.6) is 5.75 Å². The molecule has 0 bridgehead atoms. The van der Waals surface area contributed by atoms with E-state index >= 15 is 0 Å². The maximum atomic E-state index is 12.4. The average molecular weight is 348 g/mol. The molecule has 21 heavy (non-hydrogen) atoms. The summed E-state index contributed by atoms with van der Waals surface area (Å²) in [6.07, 6.45) is 0. The van der Waals surface area contributed by atoms with Crippen molar-refractivity contribution in [1.82, 2.24) is 0 Å². The van der Waals surface area contributed by atoms with Gasteiger partial charge in [-0.3, -0.25) is 4.79 Å². The molecule has 1 heterocycles. The number of fused-ring (bicyclic) bond motifs is 1. The third-order valence-electron chi connectivity index (χ3n) is 3.39. The van der Waals surface area contributed by atoms with Gasteiger partial charge in [-0.05, 0) is 41.5 Å². The largest absolute Gasteiger partial charge is 0.495 e. The number of halogens is 1. The van der Waals surface area contributed by atoms with E-state index in [0.717, 1.165) is 15.6 Å². The van der Waals surface area contributed by atoms with Crippen molar-refractivity contribution in [3.63, 3.8) is 0 Å². The highest BCUT2D eigenvalue weighted by molar-refractivity contribution is 9.10. The number of benzene rings is 2. The first-order valence-electron chi connectivity index (χ1n) is 6.52. The Morgan fingerprint density at radius 2 is 2.00 bits per heavy atom. The van der Waals surface area contributed by atoms with Crippen molar-refractivity contribution < 1.29 is 14.3 Å². The van der Waals surface area contributed by atoms with E-state index in [2.05, 4.69) is 21.2 Å². The molecule has 5 heteroatoms. The van der Waals surface area contributed by atoms with Gasteiger partial charge in [-0.25, -0.2) is 0 Å². The minimum atomic E-state index is -0.166. The Balaban J connectivity index is 1.85. The van der Waals surface area contributed by atoms with Crippen molar-refractivity contribution >= 4 is 27.5 Å². The van der Waals surface area contributed by atoms with Crippen molar-refractivity contribution in [2.24, 2.45) is 0 Å². The summed E-state index contributed by atoms with van der Waals surface area (Å²) < 4.78 is 11.5. The molecule has 2 aromatic rings. The second-order valence-corrected chi connectivity index (χ2v) is 5.69. The van der Waals surface area contributed by atoms with E-state index < -0.39 is 0 Å². The van der Waals surface area contributed by atoms with Gasteiger partial charge in [0, 0.05) is 10.0 Å². The molecule has 0 saturated carbocycles. The molecule has 0 unspecified atom stereocenters. The molecule has 0 atom stereocenters. The molecule has 3 rings (SSSR count). The van der Waals surface area contributed by atoms with Gasteiger partial charge in [0.1, 0.15) is 5.75 Å². The topological polar surface area (TPSA) is 47.6 Å². The fraction of sp³-hybridized carbons (Fsp3) is 0.188. The van der Waals surface area contributed by atoms with E-state index in [1.54, 1.807) is 13.2 Å². The fourth-order valence-corrected chi connectivity index (χ4v) is 2.65. The number of hydrogen-bond acceptors (Lipinski definition) is 3. The molecule has 1 N–H and O–H groups in total. The van der Waals surface area contributed by atoms with Crippen LogP contribution in [0.2, 0.25) is 0 Å². The molecule has 0 aromatic heterocycles. The Morgan fingerprint density at radius 1 is 1.19 bits per heavy atom. The lowest BCUT2D eigenvalue weighted by molar-refractivity contribution is 0.102. The lowest BCUT2D eigenvalue weighted by Crippen LogP contribution is -2.13. The molecular weight excluding hydrogens is 334 g/mol. The second-order valence-electron chi connectivity index (χ2n) is 4.78. The van der Waals surface area contributed by atoms with Crippen molar-refractivity contribution in [3.8, 4) is 5.75 Å². The maximum absolute atomic E-state index is 12.4. The van der Waals surface area contributed by atoms with Gasteiger partial charge in [0.25, 0.3) is 5.91 Å². The van der Waals surface area contributed by atoms with E-state index in [1.807, 2.05) is 30.3 Å². The summed E-state index contributed by atoms with van der Waals surface area (Å²) in [7, 11) is 1.58. The van der Waals surface area contributed by atoms with Gasteiger partial charge in [-0.2, -0.15) is 0 Å². The summed E-state index contributed by atoms with van der Waals surface area (Å²) >= 11 is 3.39. The van der Waals surface area contributed by atoms with Crippen LogP contribution in [0.15, 0.2) is 40.9 Å². The fourth-order valence-electron chi connectivity index (χ4n) is 2.29. The molecule has 2 aromatic carbocycles. The molecule has 108 valence electrons. The predicted molar refractivity (Wildman–Crippen MR) is 83.6 cm³/mol. The van der Waals surface area contributed by atoms with Crippen LogP contribution < -0.4 is 10.1 Å². The number of carbonyl (C=O) groups is 1. The van der Waals surface area contributed by atoms with Crippen molar-refractivity contribution in [3.05, 3.63) is 57.6 Å². The summed E-state index contributed by atoms with van der Waals surface area (Å²) in [4.78, 5) is 12.4. The van der Waals surface area contributed by atoms with Crippen LogP contribution in [-0.4, -0.2) is 13.0 Å². The monoisotopic (exact) mass is 347 g/mol. The molecule has 0 spiro atoms. The summed E-state index contributed by atoms with van der Waals surface area (Å²) in [5.41, 5.74) is 3.46. The normalized spacial score (nSPS) is 12.9. The zero-order chi connectivity index (χ0) is 14.8. The van der Waals surface area contributed by atoms with E-state index in [4.69, 9.17) is 9.47 Å². The number of carbonyl (C=O) groups excluding carboxylic acids is 1. The highest BCUT2D eigenvalue weighted by Gasteiger charge is 2.15. The maximum Gasteiger partial charge on any atom is 0.255 e. The highest BCUT2D eigenvalue weighted by Crippen LogP contribution is 2.29. The van der Waals surface area contributed by atoms with Gasteiger partial charge < -0.3 is 14.8 Å². The summed E-state index contributed by atoms with van der Waals surface area (Å²) in [5.74, 6) is 0.456. The molecule has 0 saturated heterocycles. The van der Waals surface area contributed by atoms with Gasteiger partial charge in [-0.1, -0.05) is 22.0 Å². The third-order valence-corrected chi connectivity index (χ3v) is 3.89. The number of hydrogen-bond donors (Lipinski definition) is 1. The number of methoxy groups -OCH3 is 1. The smallest absolute Gasteiger partial charge is 0.255 e. The van der Waals surface area contributed by atoms with Gasteiger partial charge in [0.05, 0.1) is 26.0 Å². The zero-order valence-electron chi connectivity index (χ0n) is 11.5. The van der Waals surface area contributed by atoms with Crippen LogP contribution in [0.4, 0.5) is 5.69 Å². The van der Waals surface area contributed by atoms with Crippen LogP contribution in [0.1, 0.15) is 21.5 Å². The Kier molecular flexibility index (Phi) is 3.94. The highest BCUT2D eigenvalue weighted by atomic mass is 79.9. The first-order valence-corrected chi connectivity index (χ1v) is 7.31. The first-order chi connectivity index (χ1) is 10.2. The Labute approximate surface area is 131 Å². The Morgan fingerprint density at radius 3 is 2.81 bits per heavy atom. The number of ether oxygens (including phenoxy) is 2. The molecule has 0 fully saturated rings. The van der Waals surface area contributed by atoms with Gasteiger partial charge >= 0.3 is 0 Å². The van der Waals surface area contributed by atoms with E-state index in [-0.39, 0.29) is 5.91 Å².